The minimum atomic E-state index is -0.603. The van der Waals surface area contributed by atoms with Gasteiger partial charge in [-0.05, 0) is 56.6 Å². The van der Waals surface area contributed by atoms with Crippen molar-refractivity contribution in [2.45, 2.75) is 32.6 Å². The highest BCUT2D eigenvalue weighted by Crippen LogP contribution is 2.25. The average Bonchev–Trinajstić information content (AvgIpc) is 3.04. The van der Waals surface area contributed by atoms with Gasteiger partial charge in [0, 0.05) is 5.92 Å². The molecule has 3 rings (SSSR count). The molecule has 1 aliphatic heterocycles. The van der Waals surface area contributed by atoms with Gasteiger partial charge in [-0.1, -0.05) is 5.16 Å². The minimum absolute atomic E-state index is 0.0296. The molecule has 1 fully saturated rings. The monoisotopic (exact) mass is 362 g/mol. The number of carbonyl (C=O) groups is 1. The molecule has 9 nitrogen and oxygen atoms in total. The number of ether oxygens (including phenoxy) is 1. The quantitative estimate of drug-likeness (QED) is 0.728. The van der Waals surface area contributed by atoms with Crippen LogP contribution in [0.15, 0.2) is 19.9 Å². The Kier molecular flexibility index (Phi) is 5.67. The second-order valence-corrected chi connectivity index (χ2v) is 6.28. The normalized spacial score (nSPS) is 15.0. The Morgan fingerprint density at radius 1 is 1.35 bits per heavy atom. The number of carbonyl (C=O) groups excluding carboxylic acids is 1. The van der Waals surface area contributed by atoms with Crippen molar-refractivity contribution in [1.29, 1.82) is 0 Å². The number of nitrogens with zero attached hydrogens (tertiary/aromatic N) is 2. The predicted molar refractivity (Wildman–Crippen MR) is 91.4 cm³/mol. The van der Waals surface area contributed by atoms with Crippen molar-refractivity contribution < 1.29 is 18.6 Å². The minimum Gasteiger partial charge on any atom is -0.472 e. The molecule has 140 valence electrons. The van der Waals surface area contributed by atoms with E-state index in [4.69, 9.17) is 9.15 Å². The summed E-state index contributed by atoms with van der Waals surface area (Å²) >= 11 is 0. The molecule has 0 unspecified atom stereocenters. The molecule has 0 radical (unpaired) electrons. The Bertz CT molecular complexity index is 823. The van der Waals surface area contributed by atoms with Crippen molar-refractivity contribution in [3.63, 3.8) is 0 Å². The molecule has 0 aliphatic carbocycles. The van der Waals surface area contributed by atoms with Gasteiger partial charge in [-0.2, -0.15) is 0 Å². The molecule has 2 N–H and O–H groups in total. The van der Waals surface area contributed by atoms with E-state index >= 15 is 0 Å². The summed E-state index contributed by atoms with van der Waals surface area (Å²) in [6, 6.07) is 1.80. The van der Waals surface area contributed by atoms with Crippen LogP contribution in [0.5, 0.6) is 5.88 Å². The summed E-state index contributed by atoms with van der Waals surface area (Å²) in [7, 11) is 0. The Hall–Kier alpha value is -2.68. The van der Waals surface area contributed by atoms with Gasteiger partial charge in [0.2, 0.25) is 0 Å². The molecule has 3 heterocycles. The van der Waals surface area contributed by atoms with Crippen molar-refractivity contribution in [3.05, 3.63) is 39.1 Å². The third-order valence-electron chi connectivity index (χ3n) is 4.37. The van der Waals surface area contributed by atoms with Gasteiger partial charge in [-0.15, -0.1) is 0 Å². The Morgan fingerprint density at radius 2 is 2.12 bits per heavy atom. The van der Waals surface area contributed by atoms with Crippen LogP contribution in [0.1, 0.15) is 46.1 Å². The van der Waals surface area contributed by atoms with Gasteiger partial charge in [0.25, 0.3) is 11.8 Å². The zero-order chi connectivity index (χ0) is 18.5. The number of piperidine rings is 1. The third-order valence-corrected chi connectivity index (χ3v) is 4.37. The van der Waals surface area contributed by atoms with Crippen molar-refractivity contribution in [1.82, 2.24) is 20.9 Å². The molecule has 1 aliphatic rings. The zero-order valence-corrected chi connectivity index (χ0v) is 14.8. The maximum absolute atomic E-state index is 12.3. The Morgan fingerprint density at radius 3 is 2.77 bits per heavy atom. The van der Waals surface area contributed by atoms with Crippen LogP contribution in [0.4, 0.5) is 0 Å². The first kappa shape index (κ1) is 18.1. The first-order valence-electron chi connectivity index (χ1n) is 8.61. The molecule has 1 amide bonds. The molecule has 0 bridgehead atoms. The second-order valence-electron chi connectivity index (χ2n) is 6.28. The van der Waals surface area contributed by atoms with Crippen LogP contribution in [0.3, 0.4) is 0 Å². The fourth-order valence-electron chi connectivity index (χ4n) is 2.97. The Labute approximate surface area is 150 Å². The van der Waals surface area contributed by atoms with Gasteiger partial charge in [0.15, 0.2) is 0 Å². The lowest BCUT2D eigenvalue weighted by Crippen LogP contribution is -2.33. The van der Waals surface area contributed by atoms with E-state index < -0.39 is 11.5 Å². The topological polar surface area (TPSA) is 119 Å². The number of hydrogen-bond acceptors (Lipinski definition) is 8. The summed E-state index contributed by atoms with van der Waals surface area (Å²) in [6.07, 6.45) is 1.84. The van der Waals surface area contributed by atoms with E-state index in [-0.39, 0.29) is 30.5 Å². The van der Waals surface area contributed by atoms with E-state index in [1.54, 1.807) is 19.9 Å². The van der Waals surface area contributed by atoms with E-state index in [9.17, 15) is 9.59 Å². The molecule has 9 heteroatoms. The van der Waals surface area contributed by atoms with Crippen molar-refractivity contribution in [2.24, 2.45) is 0 Å². The maximum atomic E-state index is 12.3. The summed E-state index contributed by atoms with van der Waals surface area (Å²) < 4.78 is 15.3. The van der Waals surface area contributed by atoms with Crippen molar-refractivity contribution in [3.8, 4) is 5.88 Å². The second kappa shape index (κ2) is 8.13. The van der Waals surface area contributed by atoms with Crippen LogP contribution < -0.4 is 21.0 Å². The number of aromatic nitrogens is 2. The molecular formula is C17H22N4O5. The molecule has 0 spiro atoms. The number of rotatable bonds is 6. The number of amides is 1. The molecule has 26 heavy (non-hydrogen) atoms. The van der Waals surface area contributed by atoms with E-state index in [1.165, 1.54) is 0 Å². The fraction of sp³-hybridized carbons (Fsp3) is 0.529. The molecule has 1 saturated heterocycles. The van der Waals surface area contributed by atoms with Crippen LogP contribution in [-0.4, -0.2) is 42.5 Å². The summed E-state index contributed by atoms with van der Waals surface area (Å²) in [6.45, 7) is 5.63. The molecular weight excluding hydrogens is 340 g/mol. The van der Waals surface area contributed by atoms with Crippen molar-refractivity contribution in [2.75, 3.05) is 26.2 Å². The van der Waals surface area contributed by atoms with Crippen LogP contribution in [-0.2, 0) is 0 Å². The lowest BCUT2D eigenvalue weighted by molar-refractivity contribution is 0.0941. The molecule has 2 aromatic rings. The first-order chi connectivity index (χ1) is 12.6. The molecule has 0 aromatic carbocycles. The molecule has 2 aromatic heterocycles. The van der Waals surface area contributed by atoms with Crippen LogP contribution >= 0.6 is 0 Å². The molecule has 0 saturated carbocycles. The van der Waals surface area contributed by atoms with Crippen LogP contribution in [0.25, 0.3) is 0 Å². The average molecular weight is 362 g/mol. The van der Waals surface area contributed by atoms with E-state index in [0.717, 1.165) is 25.9 Å². The highest BCUT2D eigenvalue weighted by molar-refractivity contribution is 5.95. The summed E-state index contributed by atoms with van der Waals surface area (Å²) in [5.41, 5.74) is 0.571. The van der Waals surface area contributed by atoms with Gasteiger partial charge >= 0.3 is 5.63 Å². The standard InChI is InChI=1S/C17H22N4O5/c1-10-9-13(12-3-5-18-6-4-12)25-17(23)14(10)15(22)19-7-8-24-16-11(2)20-26-21-16/h9,12,18H,3-8H2,1-2H3,(H,19,22). The first-order valence-corrected chi connectivity index (χ1v) is 8.61. The number of aryl methyl sites for hydroxylation is 2. The number of hydrogen-bond donors (Lipinski definition) is 2. The Balaban J connectivity index is 1.60. The van der Waals surface area contributed by atoms with Crippen LogP contribution in [0.2, 0.25) is 0 Å². The van der Waals surface area contributed by atoms with Gasteiger partial charge in [0.1, 0.15) is 23.6 Å². The fourth-order valence-corrected chi connectivity index (χ4v) is 2.97. The predicted octanol–water partition coefficient (Wildman–Crippen LogP) is 0.915. The third kappa shape index (κ3) is 4.10. The molecule has 0 atom stereocenters. The SMILES string of the molecule is Cc1cc(C2CCNCC2)oc(=O)c1C(=O)NCCOc1nonc1C. The smallest absolute Gasteiger partial charge is 0.349 e. The van der Waals surface area contributed by atoms with Gasteiger partial charge < -0.3 is 19.8 Å². The highest BCUT2D eigenvalue weighted by Gasteiger charge is 2.22. The zero-order valence-electron chi connectivity index (χ0n) is 14.8. The largest absolute Gasteiger partial charge is 0.472 e. The lowest BCUT2D eigenvalue weighted by atomic mass is 9.94. The van der Waals surface area contributed by atoms with Gasteiger partial charge in [-0.3, -0.25) is 4.79 Å². The summed E-state index contributed by atoms with van der Waals surface area (Å²) in [4.78, 5) is 24.6. The highest BCUT2D eigenvalue weighted by atomic mass is 16.6. The van der Waals surface area contributed by atoms with Crippen molar-refractivity contribution >= 4 is 5.91 Å². The summed E-state index contributed by atoms with van der Waals surface area (Å²) in [5, 5.41) is 13.1. The summed E-state index contributed by atoms with van der Waals surface area (Å²) in [5.74, 6) is 0.670. The van der Waals surface area contributed by atoms with Gasteiger partial charge in [-0.25, -0.2) is 9.42 Å². The van der Waals surface area contributed by atoms with Gasteiger partial charge in [0.05, 0.1) is 6.54 Å². The maximum Gasteiger partial charge on any atom is 0.349 e. The van der Waals surface area contributed by atoms with E-state index in [0.29, 0.717) is 17.0 Å². The number of nitrogens with one attached hydrogen (secondary N) is 2. The van der Waals surface area contributed by atoms with E-state index in [1.807, 2.05) is 0 Å². The van der Waals surface area contributed by atoms with Crippen LogP contribution in [0, 0.1) is 13.8 Å². The lowest BCUT2D eigenvalue weighted by Gasteiger charge is -2.21. The van der Waals surface area contributed by atoms with E-state index in [2.05, 4.69) is 25.6 Å².